The highest BCUT2D eigenvalue weighted by Crippen LogP contribution is 2.09. The van der Waals surface area contributed by atoms with Gasteiger partial charge < -0.3 is 0 Å². The Morgan fingerprint density at radius 3 is 2.25 bits per heavy atom. The SMILES string of the molecule is Cc1cccc(S(=O)(=O)O)c1.[Al]. The van der Waals surface area contributed by atoms with Crippen molar-refractivity contribution < 1.29 is 13.0 Å². The predicted molar refractivity (Wildman–Crippen MR) is 46.7 cm³/mol. The fourth-order valence-corrected chi connectivity index (χ4v) is 1.36. The Bertz CT molecular complexity index is 359. The van der Waals surface area contributed by atoms with Crippen molar-refractivity contribution in [2.75, 3.05) is 0 Å². The van der Waals surface area contributed by atoms with E-state index in [0.717, 1.165) is 5.56 Å². The van der Waals surface area contributed by atoms with Crippen molar-refractivity contribution in [1.29, 1.82) is 0 Å². The molecule has 0 aliphatic carbocycles. The molecule has 0 spiro atoms. The maximum absolute atomic E-state index is 10.5. The normalized spacial score (nSPS) is 10.5. The van der Waals surface area contributed by atoms with Crippen molar-refractivity contribution in [1.82, 2.24) is 0 Å². The van der Waals surface area contributed by atoms with E-state index in [1.807, 2.05) is 0 Å². The molecule has 1 N–H and O–H groups in total. The van der Waals surface area contributed by atoms with Gasteiger partial charge in [0, 0.05) is 17.4 Å². The Labute approximate surface area is 82.3 Å². The molecule has 0 heterocycles. The van der Waals surface area contributed by atoms with E-state index in [9.17, 15) is 8.42 Å². The van der Waals surface area contributed by atoms with Crippen molar-refractivity contribution in [3.63, 3.8) is 0 Å². The van der Waals surface area contributed by atoms with Crippen LogP contribution < -0.4 is 0 Å². The highest BCUT2D eigenvalue weighted by molar-refractivity contribution is 7.85. The van der Waals surface area contributed by atoms with Gasteiger partial charge in [-0.3, -0.25) is 4.55 Å². The van der Waals surface area contributed by atoms with E-state index in [4.69, 9.17) is 4.55 Å². The molecule has 0 saturated heterocycles. The zero-order valence-electron chi connectivity index (χ0n) is 6.56. The Kier molecular flexibility index (Phi) is 3.94. The van der Waals surface area contributed by atoms with Crippen molar-refractivity contribution in [2.24, 2.45) is 0 Å². The quantitative estimate of drug-likeness (QED) is 0.539. The molecule has 0 fully saturated rings. The Hall–Kier alpha value is -0.338. The minimum atomic E-state index is -4.03. The van der Waals surface area contributed by atoms with E-state index < -0.39 is 10.1 Å². The molecular formula is C7H8AlO3S. The lowest BCUT2D eigenvalue weighted by Gasteiger charge is -1.96. The second-order valence-corrected chi connectivity index (χ2v) is 3.71. The molecule has 3 nitrogen and oxygen atoms in total. The molecule has 0 aliphatic heterocycles. The summed E-state index contributed by atoms with van der Waals surface area (Å²) in [5.41, 5.74) is 0.806. The number of rotatable bonds is 1. The second-order valence-electron chi connectivity index (χ2n) is 2.29. The highest BCUT2D eigenvalue weighted by Gasteiger charge is 2.07. The summed E-state index contributed by atoms with van der Waals surface area (Å²) >= 11 is 0. The maximum atomic E-state index is 10.5. The first-order valence-electron chi connectivity index (χ1n) is 3.04. The van der Waals surface area contributed by atoms with Crippen LogP contribution in [0.2, 0.25) is 0 Å². The van der Waals surface area contributed by atoms with Gasteiger partial charge in [0.05, 0.1) is 4.90 Å². The number of hydrogen-bond donors (Lipinski definition) is 1. The number of benzene rings is 1. The van der Waals surface area contributed by atoms with Crippen LogP contribution in [0.15, 0.2) is 29.2 Å². The minimum Gasteiger partial charge on any atom is -0.282 e. The first-order chi connectivity index (χ1) is 5.00. The topological polar surface area (TPSA) is 54.4 Å². The van der Waals surface area contributed by atoms with Crippen LogP contribution in [0.5, 0.6) is 0 Å². The third-order valence-electron chi connectivity index (χ3n) is 1.29. The molecule has 0 saturated carbocycles. The average Bonchev–Trinajstić information content (AvgIpc) is 1.86. The average molecular weight is 199 g/mol. The first-order valence-corrected chi connectivity index (χ1v) is 4.48. The summed E-state index contributed by atoms with van der Waals surface area (Å²) in [5.74, 6) is 0. The molecule has 5 heteroatoms. The van der Waals surface area contributed by atoms with Gasteiger partial charge >= 0.3 is 0 Å². The van der Waals surface area contributed by atoms with Gasteiger partial charge in [-0.2, -0.15) is 8.42 Å². The molecule has 63 valence electrons. The number of aryl methyl sites for hydroxylation is 1. The summed E-state index contributed by atoms with van der Waals surface area (Å²) in [5, 5.41) is 0. The summed E-state index contributed by atoms with van der Waals surface area (Å²) in [7, 11) is -4.03. The van der Waals surface area contributed by atoms with Crippen LogP contribution in [0.4, 0.5) is 0 Å². The molecule has 0 amide bonds. The summed E-state index contributed by atoms with van der Waals surface area (Å²) < 4.78 is 29.7. The molecule has 1 aromatic rings. The monoisotopic (exact) mass is 199 g/mol. The lowest BCUT2D eigenvalue weighted by atomic mass is 10.2. The van der Waals surface area contributed by atoms with Gasteiger partial charge in [-0.15, -0.1) is 0 Å². The van der Waals surface area contributed by atoms with Crippen LogP contribution in [0.25, 0.3) is 0 Å². The maximum Gasteiger partial charge on any atom is 0.294 e. The van der Waals surface area contributed by atoms with Crippen LogP contribution in [0.1, 0.15) is 5.56 Å². The van der Waals surface area contributed by atoms with Crippen molar-refractivity contribution in [3.05, 3.63) is 29.8 Å². The summed E-state index contributed by atoms with van der Waals surface area (Å²) in [4.78, 5) is -0.0579. The highest BCUT2D eigenvalue weighted by atomic mass is 32.2. The summed E-state index contributed by atoms with van der Waals surface area (Å²) in [6, 6.07) is 6.10. The third kappa shape index (κ3) is 2.96. The number of hydrogen-bond acceptors (Lipinski definition) is 2. The van der Waals surface area contributed by atoms with E-state index in [-0.39, 0.29) is 22.3 Å². The van der Waals surface area contributed by atoms with Gasteiger partial charge in [0.15, 0.2) is 0 Å². The van der Waals surface area contributed by atoms with E-state index in [0.29, 0.717) is 0 Å². The lowest BCUT2D eigenvalue weighted by Crippen LogP contribution is -1.97. The third-order valence-corrected chi connectivity index (χ3v) is 2.14. The Balaban J connectivity index is 0.00000121. The molecule has 0 atom stereocenters. The fraction of sp³-hybridized carbons (Fsp3) is 0.143. The Morgan fingerprint density at radius 2 is 1.92 bits per heavy atom. The van der Waals surface area contributed by atoms with E-state index in [1.54, 1.807) is 19.1 Å². The largest absolute Gasteiger partial charge is 0.294 e. The van der Waals surface area contributed by atoms with Gasteiger partial charge in [-0.1, -0.05) is 12.1 Å². The Morgan fingerprint density at radius 1 is 1.33 bits per heavy atom. The molecule has 12 heavy (non-hydrogen) atoms. The van der Waals surface area contributed by atoms with Gasteiger partial charge in [0.1, 0.15) is 0 Å². The predicted octanol–water partition coefficient (Wildman–Crippen LogP) is 0.861. The standard InChI is InChI=1S/C7H8O3S.Al/c1-6-3-2-4-7(5-6)11(8,9)10;/h2-5H,1H3,(H,8,9,10);. The van der Waals surface area contributed by atoms with Crippen LogP contribution in [0, 0.1) is 6.92 Å². The van der Waals surface area contributed by atoms with E-state index >= 15 is 0 Å². The van der Waals surface area contributed by atoms with Crippen molar-refractivity contribution >= 4 is 27.5 Å². The smallest absolute Gasteiger partial charge is 0.282 e. The molecule has 1 aromatic carbocycles. The van der Waals surface area contributed by atoms with Gasteiger partial charge in [-0.05, 0) is 24.6 Å². The van der Waals surface area contributed by atoms with Crippen LogP contribution in [0.3, 0.4) is 0 Å². The van der Waals surface area contributed by atoms with Crippen molar-refractivity contribution in [3.8, 4) is 0 Å². The van der Waals surface area contributed by atoms with Crippen LogP contribution >= 0.6 is 0 Å². The lowest BCUT2D eigenvalue weighted by molar-refractivity contribution is 0.483. The zero-order chi connectivity index (χ0) is 8.48. The minimum absolute atomic E-state index is 0. The van der Waals surface area contributed by atoms with E-state index in [2.05, 4.69) is 0 Å². The first kappa shape index (κ1) is 11.7. The van der Waals surface area contributed by atoms with Gasteiger partial charge in [0.25, 0.3) is 10.1 Å². The zero-order valence-corrected chi connectivity index (χ0v) is 8.53. The molecule has 0 unspecified atom stereocenters. The molecule has 1 rings (SSSR count). The molecule has 3 radical (unpaired) electrons. The molecule has 0 aliphatic rings. The van der Waals surface area contributed by atoms with Crippen LogP contribution in [-0.2, 0) is 10.1 Å². The van der Waals surface area contributed by atoms with Crippen molar-refractivity contribution in [2.45, 2.75) is 11.8 Å². The van der Waals surface area contributed by atoms with Gasteiger partial charge in [0.2, 0.25) is 0 Å². The second kappa shape index (κ2) is 4.06. The molecule has 0 bridgehead atoms. The summed E-state index contributed by atoms with van der Waals surface area (Å²) in [6.07, 6.45) is 0. The molecule has 0 aromatic heterocycles. The summed E-state index contributed by atoms with van der Waals surface area (Å²) in [6.45, 7) is 1.76. The molecular weight excluding hydrogens is 191 g/mol. The van der Waals surface area contributed by atoms with Crippen LogP contribution in [-0.4, -0.2) is 30.3 Å². The van der Waals surface area contributed by atoms with Gasteiger partial charge in [-0.25, -0.2) is 0 Å². The van der Waals surface area contributed by atoms with E-state index in [1.165, 1.54) is 12.1 Å². The fourth-order valence-electron chi connectivity index (χ4n) is 0.776.